The molecule has 0 bridgehead atoms. The largest absolute Gasteiger partial charge is 0.408 e. The van der Waals surface area contributed by atoms with Crippen LogP contribution in [0.5, 0.6) is 0 Å². The Bertz CT molecular complexity index is 535. The third kappa shape index (κ3) is 3.50. The van der Waals surface area contributed by atoms with Gasteiger partial charge in [0.05, 0.1) is 11.8 Å². The molecule has 1 aromatic heterocycles. The van der Waals surface area contributed by atoms with E-state index in [1.807, 2.05) is 12.3 Å². The molecule has 2 atom stereocenters. The second-order valence-corrected chi connectivity index (χ2v) is 13.5. The van der Waals surface area contributed by atoms with Gasteiger partial charge in [0.25, 0.3) is 0 Å². The summed E-state index contributed by atoms with van der Waals surface area (Å²) in [6.07, 6.45) is 5.84. The standard InChI is InChI=1S/C20H33NO2Si/c1-14(2)24(15(3)4,16(5)6)23-19-11-7-9-17(13-22)18-10-8-12-21-20(18)19/h8,10,12-17,19H,7,9,11H2,1-6H3. The van der Waals surface area contributed by atoms with Crippen molar-refractivity contribution in [2.75, 3.05) is 0 Å². The molecule has 1 aliphatic carbocycles. The van der Waals surface area contributed by atoms with Crippen LogP contribution in [0, 0.1) is 0 Å². The Morgan fingerprint density at radius 2 is 1.75 bits per heavy atom. The molecule has 0 amide bonds. The SMILES string of the molecule is CC(C)[Si](OC1CCCC(C=O)c2cccnc21)(C(C)C)C(C)C. The quantitative estimate of drug-likeness (QED) is 0.372. The van der Waals surface area contributed by atoms with E-state index in [0.717, 1.165) is 36.8 Å². The molecule has 1 heterocycles. The van der Waals surface area contributed by atoms with Crippen LogP contribution in [0.4, 0.5) is 0 Å². The minimum absolute atomic E-state index is 0.0319. The fourth-order valence-electron chi connectivity index (χ4n) is 4.74. The second-order valence-electron chi connectivity index (χ2n) is 8.08. The molecular formula is C20H33NO2Si. The molecule has 1 aromatic rings. The van der Waals surface area contributed by atoms with Gasteiger partial charge in [-0.15, -0.1) is 0 Å². The predicted octanol–water partition coefficient (Wildman–Crippen LogP) is 5.78. The molecular weight excluding hydrogens is 314 g/mol. The predicted molar refractivity (Wildman–Crippen MR) is 102 cm³/mol. The van der Waals surface area contributed by atoms with Crippen molar-refractivity contribution in [3.05, 3.63) is 29.6 Å². The monoisotopic (exact) mass is 347 g/mol. The molecule has 24 heavy (non-hydrogen) atoms. The van der Waals surface area contributed by atoms with Crippen molar-refractivity contribution < 1.29 is 9.22 Å². The van der Waals surface area contributed by atoms with E-state index in [1.165, 1.54) is 0 Å². The fourth-order valence-corrected chi connectivity index (χ4v) is 10.3. The summed E-state index contributed by atoms with van der Waals surface area (Å²) in [5.41, 5.74) is 3.74. The van der Waals surface area contributed by atoms with Crippen molar-refractivity contribution in [1.29, 1.82) is 0 Å². The van der Waals surface area contributed by atoms with E-state index in [0.29, 0.717) is 16.6 Å². The summed E-state index contributed by atoms with van der Waals surface area (Å²) >= 11 is 0. The Balaban J connectivity index is 2.45. The lowest BCUT2D eigenvalue weighted by atomic mass is 9.97. The second kappa shape index (κ2) is 7.92. The number of rotatable bonds is 6. The highest BCUT2D eigenvalue weighted by Gasteiger charge is 2.47. The summed E-state index contributed by atoms with van der Waals surface area (Å²) in [7, 11) is -1.97. The van der Waals surface area contributed by atoms with Crippen molar-refractivity contribution in [3.63, 3.8) is 0 Å². The van der Waals surface area contributed by atoms with Gasteiger partial charge < -0.3 is 9.22 Å². The molecule has 4 heteroatoms. The Hall–Kier alpha value is -1.00. The minimum atomic E-state index is -1.97. The van der Waals surface area contributed by atoms with Gasteiger partial charge in [0.1, 0.15) is 6.29 Å². The first-order chi connectivity index (χ1) is 11.3. The maximum atomic E-state index is 11.5. The first kappa shape index (κ1) is 19.3. The highest BCUT2D eigenvalue weighted by atomic mass is 28.4. The number of pyridine rings is 1. The Labute approximate surface area is 148 Å². The maximum Gasteiger partial charge on any atom is 0.201 e. The number of hydrogen-bond donors (Lipinski definition) is 0. The van der Waals surface area contributed by atoms with Gasteiger partial charge in [-0.05, 0) is 47.5 Å². The molecule has 0 aromatic carbocycles. The van der Waals surface area contributed by atoms with Crippen LogP contribution in [-0.2, 0) is 9.22 Å². The van der Waals surface area contributed by atoms with Gasteiger partial charge >= 0.3 is 0 Å². The van der Waals surface area contributed by atoms with Gasteiger partial charge in [-0.1, -0.05) is 47.6 Å². The lowest BCUT2D eigenvalue weighted by molar-refractivity contribution is -0.109. The zero-order valence-electron chi connectivity index (χ0n) is 16.1. The number of carbonyl (C=O) groups is 1. The average molecular weight is 348 g/mol. The highest BCUT2D eigenvalue weighted by Crippen LogP contribution is 2.47. The Morgan fingerprint density at radius 1 is 1.12 bits per heavy atom. The third-order valence-electron chi connectivity index (χ3n) is 5.77. The van der Waals surface area contributed by atoms with Crippen LogP contribution in [0.25, 0.3) is 0 Å². The summed E-state index contributed by atoms with van der Waals surface area (Å²) in [4.78, 5) is 16.2. The van der Waals surface area contributed by atoms with E-state index in [-0.39, 0.29) is 12.0 Å². The number of nitrogens with zero attached hydrogens (tertiary/aromatic N) is 1. The van der Waals surface area contributed by atoms with Gasteiger partial charge in [0, 0.05) is 12.1 Å². The summed E-state index contributed by atoms with van der Waals surface area (Å²) in [6, 6.07) is 4.00. The smallest absolute Gasteiger partial charge is 0.201 e. The van der Waals surface area contributed by atoms with E-state index >= 15 is 0 Å². The van der Waals surface area contributed by atoms with Crippen LogP contribution in [0.1, 0.15) is 84.1 Å². The van der Waals surface area contributed by atoms with Crippen LogP contribution in [0.15, 0.2) is 18.3 Å². The summed E-state index contributed by atoms with van der Waals surface area (Å²) in [5.74, 6) is -0.0319. The first-order valence-electron chi connectivity index (χ1n) is 9.42. The van der Waals surface area contributed by atoms with Crippen LogP contribution in [0.2, 0.25) is 16.6 Å². The lowest BCUT2D eigenvalue weighted by Gasteiger charge is -2.44. The van der Waals surface area contributed by atoms with Crippen molar-refractivity contribution >= 4 is 14.6 Å². The molecule has 2 rings (SSSR count). The van der Waals surface area contributed by atoms with Crippen LogP contribution < -0.4 is 0 Å². The molecule has 0 saturated carbocycles. The minimum Gasteiger partial charge on any atom is -0.408 e. The number of hydrogen-bond acceptors (Lipinski definition) is 3. The fraction of sp³-hybridized carbons (Fsp3) is 0.700. The number of aromatic nitrogens is 1. The first-order valence-corrected chi connectivity index (χ1v) is 11.6. The molecule has 0 saturated heterocycles. The zero-order chi connectivity index (χ0) is 17.9. The van der Waals surface area contributed by atoms with Crippen LogP contribution >= 0.6 is 0 Å². The molecule has 2 unspecified atom stereocenters. The molecule has 0 N–H and O–H groups in total. The van der Waals surface area contributed by atoms with Crippen LogP contribution in [0.3, 0.4) is 0 Å². The van der Waals surface area contributed by atoms with Crippen molar-refractivity contribution in [3.8, 4) is 0 Å². The topological polar surface area (TPSA) is 39.2 Å². The van der Waals surface area contributed by atoms with E-state index in [2.05, 4.69) is 52.6 Å². The lowest BCUT2D eigenvalue weighted by Crippen LogP contribution is -2.48. The zero-order valence-corrected chi connectivity index (χ0v) is 17.1. The van der Waals surface area contributed by atoms with E-state index in [9.17, 15) is 4.79 Å². The molecule has 0 fully saturated rings. The maximum absolute atomic E-state index is 11.5. The van der Waals surface area contributed by atoms with Gasteiger partial charge in [-0.3, -0.25) is 4.98 Å². The molecule has 0 radical (unpaired) electrons. The summed E-state index contributed by atoms with van der Waals surface area (Å²) in [5, 5.41) is 0. The van der Waals surface area contributed by atoms with Crippen molar-refractivity contribution in [1.82, 2.24) is 4.98 Å². The molecule has 1 aliphatic rings. The number of fused-ring (bicyclic) bond motifs is 1. The van der Waals surface area contributed by atoms with Crippen molar-refractivity contribution in [2.45, 2.75) is 89.5 Å². The van der Waals surface area contributed by atoms with Gasteiger partial charge in [0.15, 0.2) is 0 Å². The highest BCUT2D eigenvalue weighted by molar-refractivity contribution is 6.77. The van der Waals surface area contributed by atoms with Crippen molar-refractivity contribution in [2.24, 2.45) is 0 Å². The van der Waals surface area contributed by atoms with E-state index in [4.69, 9.17) is 4.43 Å². The average Bonchev–Trinajstić information content (AvgIpc) is 2.70. The molecule has 3 nitrogen and oxygen atoms in total. The molecule has 0 spiro atoms. The van der Waals surface area contributed by atoms with E-state index < -0.39 is 8.32 Å². The Kier molecular flexibility index (Phi) is 6.38. The number of carbonyl (C=O) groups excluding carboxylic acids is 1. The summed E-state index contributed by atoms with van der Waals surface area (Å²) in [6.45, 7) is 13.9. The normalized spacial score (nSPS) is 21.9. The van der Waals surface area contributed by atoms with Crippen LogP contribution in [-0.4, -0.2) is 19.6 Å². The van der Waals surface area contributed by atoms with Gasteiger partial charge in [-0.2, -0.15) is 0 Å². The van der Waals surface area contributed by atoms with E-state index in [1.54, 1.807) is 0 Å². The molecule has 134 valence electrons. The van der Waals surface area contributed by atoms with Gasteiger partial charge in [0.2, 0.25) is 8.32 Å². The van der Waals surface area contributed by atoms with Gasteiger partial charge in [-0.25, -0.2) is 0 Å². The number of aldehydes is 1. The third-order valence-corrected chi connectivity index (χ3v) is 11.9. The Morgan fingerprint density at radius 3 is 2.29 bits per heavy atom. The summed E-state index contributed by atoms with van der Waals surface area (Å²) < 4.78 is 7.02. The molecule has 0 aliphatic heterocycles.